The van der Waals surface area contributed by atoms with E-state index in [1.165, 1.54) is 13.8 Å². The van der Waals surface area contributed by atoms with Crippen LogP contribution in [0, 0.1) is 0 Å². The number of hydrogen-bond donors (Lipinski definition) is 6. The zero-order chi connectivity index (χ0) is 25.4. The summed E-state index contributed by atoms with van der Waals surface area (Å²) in [5.74, 6) is -4.67. The lowest BCUT2D eigenvalue weighted by molar-refractivity contribution is -0.150. The summed E-state index contributed by atoms with van der Waals surface area (Å²) in [4.78, 5) is 73.7. The lowest BCUT2D eigenvalue weighted by Crippen LogP contribution is -2.57. The molecule has 0 bridgehead atoms. The van der Waals surface area contributed by atoms with Crippen molar-refractivity contribution in [2.75, 3.05) is 13.1 Å². The first-order chi connectivity index (χ1) is 16.0. The number of carbonyl (C=O) groups is 6. The highest BCUT2D eigenvalue weighted by molar-refractivity contribution is 5.95. The first-order valence-corrected chi connectivity index (χ1v) is 11.4. The van der Waals surface area contributed by atoms with Gasteiger partial charge in [-0.2, -0.15) is 0 Å². The fraction of sp³-hybridized carbons (Fsp3) is 0.714. The second-order valence-corrected chi connectivity index (χ2v) is 8.63. The molecule has 2 heterocycles. The predicted molar refractivity (Wildman–Crippen MR) is 117 cm³/mol. The molecule has 4 amide bonds. The Morgan fingerprint density at radius 2 is 1.59 bits per heavy atom. The Balaban J connectivity index is 1.96. The Hall–Kier alpha value is -3.22. The molecule has 2 aliphatic heterocycles. The van der Waals surface area contributed by atoms with E-state index in [2.05, 4.69) is 21.3 Å². The molecule has 2 aliphatic rings. The van der Waals surface area contributed by atoms with Crippen LogP contribution in [-0.4, -0.2) is 94.0 Å². The molecule has 34 heavy (non-hydrogen) atoms. The average molecular weight is 484 g/mol. The first kappa shape index (κ1) is 27.0. The van der Waals surface area contributed by atoms with E-state index in [1.54, 1.807) is 0 Å². The Kier molecular flexibility index (Phi) is 9.78. The van der Waals surface area contributed by atoms with E-state index in [0.29, 0.717) is 12.8 Å². The minimum Gasteiger partial charge on any atom is -0.481 e. The molecule has 0 saturated carbocycles. The number of likely N-dealkylation sites (tertiary alicyclic amines) is 1. The van der Waals surface area contributed by atoms with Crippen LogP contribution in [0.5, 0.6) is 0 Å². The minimum atomic E-state index is -1.26. The zero-order valence-corrected chi connectivity index (χ0v) is 19.3. The second kappa shape index (κ2) is 12.3. The molecule has 0 aromatic carbocycles. The molecular formula is C21H33N5O8. The third kappa shape index (κ3) is 7.40. The van der Waals surface area contributed by atoms with E-state index in [0.717, 1.165) is 17.9 Å². The molecule has 13 heteroatoms. The quantitative estimate of drug-likeness (QED) is 0.196. The Labute approximate surface area is 197 Å². The molecule has 2 rings (SSSR count). The van der Waals surface area contributed by atoms with Crippen molar-refractivity contribution >= 4 is 35.6 Å². The smallest absolute Gasteiger partial charge is 0.326 e. The number of rotatable bonds is 11. The van der Waals surface area contributed by atoms with Gasteiger partial charge in [0.1, 0.15) is 24.2 Å². The van der Waals surface area contributed by atoms with Crippen LogP contribution in [0.15, 0.2) is 0 Å². The van der Waals surface area contributed by atoms with Crippen LogP contribution < -0.4 is 21.3 Å². The van der Waals surface area contributed by atoms with Gasteiger partial charge in [0.15, 0.2) is 0 Å². The van der Waals surface area contributed by atoms with E-state index < -0.39 is 60.2 Å². The van der Waals surface area contributed by atoms with Crippen molar-refractivity contribution < 1.29 is 39.0 Å². The van der Waals surface area contributed by atoms with Gasteiger partial charge in [0, 0.05) is 13.0 Å². The third-order valence-corrected chi connectivity index (χ3v) is 5.96. The zero-order valence-electron chi connectivity index (χ0n) is 19.3. The fourth-order valence-corrected chi connectivity index (χ4v) is 4.00. The van der Waals surface area contributed by atoms with Crippen molar-refractivity contribution in [1.82, 2.24) is 26.2 Å². The number of aliphatic carboxylic acids is 2. The molecule has 2 saturated heterocycles. The van der Waals surface area contributed by atoms with E-state index in [1.807, 2.05) is 0 Å². The standard InChI is InChI=1S/C21H33N5O8/c1-11(24-19(31)13-5-3-9-22-13)17(29)23-12(2)18(30)25-14(7-8-16(27)28)20(32)26-10-4-6-15(26)21(33)34/h11-15,22H,3-10H2,1-2H3,(H,23,29)(H,24,31)(H,25,30)(H,27,28)(H,33,34)/t11-,12-,13-,14-,15-/m0/s1. The SMILES string of the molecule is C[C@H](NC(=O)[C@H](C)NC(=O)[C@@H]1CCCN1)C(=O)N[C@@H](CCC(=O)O)C(=O)N1CCC[C@H]1C(=O)O. The van der Waals surface area contributed by atoms with Crippen LogP contribution in [0.4, 0.5) is 0 Å². The van der Waals surface area contributed by atoms with Crippen molar-refractivity contribution in [3.05, 3.63) is 0 Å². The van der Waals surface area contributed by atoms with Crippen LogP contribution in [-0.2, 0) is 28.8 Å². The van der Waals surface area contributed by atoms with Gasteiger partial charge < -0.3 is 36.4 Å². The van der Waals surface area contributed by atoms with E-state index >= 15 is 0 Å². The van der Waals surface area contributed by atoms with Gasteiger partial charge in [-0.25, -0.2) is 4.79 Å². The maximum atomic E-state index is 12.9. The van der Waals surface area contributed by atoms with Gasteiger partial charge in [0.05, 0.1) is 6.04 Å². The van der Waals surface area contributed by atoms with Crippen LogP contribution in [0.3, 0.4) is 0 Å². The summed E-state index contributed by atoms with van der Waals surface area (Å²) in [6.07, 6.45) is 1.64. The summed E-state index contributed by atoms with van der Waals surface area (Å²) < 4.78 is 0. The lowest BCUT2D eigenvalue weighted by Gasteiger charge is -2.28. The van der Waals surface area contributed by atoms with Gasteiger partial charge in [-0.05, 0) is 52.5 Å². The highest BCUT2D eigenvalue weighted by atomic mass is 16.4. The summed E-state index contributed by atoms with van der Waals surface area (Å²) in [5.41, 5.74) is 0. The number of carboxylic acids is 2. The van der Waals surface area contributed by atoms with Crippen LogP contribution in [0.1, 0.15) is 52.4 Å². The number of carbonyl (C=O) groups excluding carboxylic acids is 4. The van der Waals surface area contributed by atoms with Crippen molar-refractivity contribution in [1.29, 1.82) is 0 Å². The van der Waals surface area contributed by atoms with Gasteiger partial charge in [-0.1, -0.05) is 0 Å². The van der Waals surface area contributed by atoms with Gasteiger partial charge in [0.25, 0.3) is 0 Å². The Bertz CT molecular complexity index is 813. The lowest BCUT2D eigenvalue weighted by atomic mass is 10.1. The summed E-state index contributed by atoms with van der Waals surface area (Å²) >= 11 is 0. The molecule has 0 spiro atoms. The number of carboxylic acid groups (broad SMARTS) is 2. The first-order valence-electron chi connectivity index (χ1n) is 11.4. The highest BCUT2D eigenvalue weighted by Crippen LogP contribution is 2.19. The number of nitrogens with zero attached hydrogens (tertiary/aromatic N) is 1. The molecule has 190 valence electrons. The molecule has 6 N–H and O–H groups in total. The molecule has 5 atom stereocenters. The van der Waals surface area contributed by atoms with Gasteiger partial charge in [-0.15, -0.1) is 0 Å². The molecule has 2 fully saturated rings. The highest BCUT2D eigenvalue weighted by Gasteiger charge is 2.38. The van der Waals surface area contributed by atoms with Gasteiger partial charge in [-0.3, -0.25) is 24.0 Å². The normalized spacial score (nSPS) is 22.4. The molecule has 0 radical (unpaired) electrons. The average Bonchev–Trinajstić information content (AvgIpc) is 3.47. The molecular weight excluding hydrogens is 450 g/mol. The maximum absolute atomic E-state index is 12.9. The topological polar surface area (TPSA) is 194 Å². The van der Waals surface area contributed by atoms with Crippen LogP contribution >= 0.6 is 0 Å². The van der Waals surface area contributed by atoms with Crippen molar-refractivity contribution in [2.24, 2.45) is 0 Å². The monoisotopic (exact) mass is 483 g/mol. The second-order valence-electron chi connectivity index (χ2n) is 8.63. The molecule has 0 aromatic rings. The minimum absolute atomic E-state index is 0.189. The summed E-state index contributed by atoms with van der Waals surface area (Å²) in [7, 11) is 0. The molecule has 13 nitrogen and oxygen atoms in total. The van der Waals surface area contributed by atoms with Gasteiger partial charge >= 0.3 is 11.9 Å². The van der Waals surface area contributed by atoms with E-state index in [9.17, 15) is 33.9 Å². The van der Waals surface area contributed by atoms with Crippen LogP contribution in [0.2, 0.25) is 0 Å². The number of hydrogen-bond acceptors (Lipinski definition) is 7. The maximum Gasteiger partial charge on any atom is 0.326 e. The Morgan fingerprint density at radius 3 is 2.18 bits per heavy atom. The summed E-state index contributed by atoms with van der Waals surface area (Å²) in [6, 6.07) is -4.65. The molecule has 0 unspecified atom stereocenters. The van der Waals surface area contributed by atoms with Crippen molar-refractivity contribution in [3.8, 4) is 0 Å². The summed E-state index contributed by atoms with van der Waals surface area (Å²) in [5, 5.41) is 28.8. The molecule has 0 aromatic heterocycles. The van der Waals surface area contributed by atoms with Gasteiger partial charge in [0.2, 0.25) is 23.6 Å². The van der Waals surface area contributed by atoms with E-state index in [-0.39, 0.29) is 31.3 Å². The van der Waals surface area contributed by atoms with E-state index in [4.69, 9.17) is 5.11 Å². The number of nitrogens with one attached hydrogen (secondary N) is 4. The molecule has 0 aliphatic carbocycles. The predicted octanol–water partition coefficient (Wildman–Crippen LogP) is -1.83. The summed E-state index contributed by atoms with van der Waals surface area (Å²) in [6.45, 7) is 3.78. The van der Waals surface area contributed by atoms with Crippen LogP contribution in [0.25, 0.3) is 0 Å². The number of amides is 4. The van der Waals surface area contributed by atoms with Crippen molar-refractivity contribution in [2.45, 2.75) is 82.6 Å². The third-order valence-electron chi connectivity index (χ3n) is 5.96. The van der Waals surface area contributed by atoms with Crippen molar-refractivity contribution in [3.63, 3.8) is 0 Å². The largest absolute Gasteiger partial charge is 0.481 e. The Morgan fingerprint density at radius 1 is 0.941 bits per heavy atom. The fourth-order valence-electron chi connectivity index (χ4n) is 4.00.